The molecule has 5 heterocycles. The molecule has 5 saturated heterocycles. The first-order chi connectivity index (χ1) is 26.4. The zero-order valence-electron chi connectivity index (χ0n) is 29.2. The third-order valence-electron chi connectivity index (χ3n) is 10.2. The summed E-state index contributed by atoms with van der Waals surface area (Å²) < 4.78 is 48.5. The summed E-state index contributed by atoms with van der Waals surface area (Å²) in [6.07, 6.45) is -44.0. The summed E-state index contributed by atoms with van der Waals surface area (Å²) in [5.74, 6) is 0. The zero-order chi connectivity index (χ0) is 41.3. The van der Waals surface area contributed by atoms with Crippen LogP contribution in [0.4, 0.5) is 0 Å². The molecular weight excluding hydrogens is 776 g/mol. The summed E-state index contributed by atoms with van der Waals surface area (Å²) in [6.45, 7) is -3.57. The average Bonchev–Trinajstić information content (AvgIpc) is 3.18. The van der Waals surface area contributed by atoms with Crippen LogP contribution in [0, 0.1) is 0 Å². The van der Waals surface area contributed by atoms with E-state index in [1.165, 1.54) is 0 Å². The molecule has 1 unspecified atom stereocenters. The number of aliphatic hydroxyl groups is 17. The van der Waals surface area contributed by atoms with Gasteiger partial charge in [-0.25, -0.2) is 0 Å². The van der Waals surface area contributed by atoms with Gasteiger partial charge in [0.15, 0.2) is 31.5 Å². The van der Waals surface area contributed by atoms with Gasteiger partial charge >= 0.3 is 0 Å². The predicted octanol–water partition coefficient (Wildman–Crippen LogP) is -11.9. The molecule has 26 heteroatoms. The summed E-state index contributed by atoms with van der Waals surface area (Å²) in [5.41, 5.74) is 0. The van der Waals surface area contributed by atoms with Crippen LogP contribution in [-0.4, -0.2) is 273 Å². The summed E-state index contributed by atoms with van der Waals surface area (Å²) in [4.78, 5) is 0. The van der Waals surface area contributed by atoms with Gasteiger partial charge in [0.05, 0.1) is 33.0 Å². The normalized spacial score (nSPS) is 53.2. The largest absolute Gasteiger partial charge is 0.394 e. The van der Waals surface area contributed by atoms with Crippen molar-refractivity contribution >= 4 is 0 Å². The van der Waals surface area contributed by atoms with Crippen molar-refractivity contribution in [3.05, 3.63) is 0 Å². The quantitative estimate of drug-likeness (QED) is 0.0819. The lowest BCUT2D eigenvalue weighted by Gasteiger charge is -2.44. The van der Waals surface area contributed by atoms with Gasteiger partial charge in [-0.15, -0.1) is 0 Å². The van der Waals surface area contributed by atoms with Crippen LogP contribution in [0.1, 0.15) is 0 Å². The standard InChI is InChI=1S/C30H52O26/c31-1-6-11(32)17(38)22(43)27(53-6)49-3-8-13(34)19(40)24(45)29(55-8)51-5-10-15(36)20(41)25(46)30(56-10)50-4-9-14(35)18(39)23(44)28(54-9)48-2-7-12(33)16(37)21(42)26(47)52-7/h6-47H,1-5H2/t6-,7-,8-,9-,10-,11+,12-,13+,14+,15+,16+,17+,18+,19+,20+,21-,22-,23-,24-,25-,26?,27+,28+,29+,30+/m1/s1. The van der Waals surface area contributed by atoms with Gasteiger partial charge in [-0.3, -0.25) is 0 Å². The molecule has 0 spiro atoms. The molecule has 5 aliphatic heterocycles. The van der Waals surface area contributed by atoms with Gasteiger partial charge in [0.25, 0.3) is 0 Å². The van der Waals surface area contributed by atoms with Crippen molar-refractivity contribution in [2.75, 3.05) is 33.0 Å². The first-order valence-electron chi connectivity index (χ1n) is 17.6. The van der Waals surface area contributed by atoms with Crippen LogP contribution in [0.2, 0.25) is 0 Å². The SMILES string of the molecule is OC[C@H]1O[C@H](OC[C@H]2O[C@H](OC[C@H]3O[C@H](OC[C@H]4O[C@H](OC[C@H]5OC(O)[C@H](O)[C@@H](O)[C@@H]5O)[C@H](O)[C@@H](O)[C@H]4O)[C@H](O)[C@@H](O)[C@H]3O)[C@H](O)[C@@H](O)[C@H]2O)[C@H](O)[C@@H](O)[C@H]1O. The lowest BCUT2D eigenvalue weighted by molar-refractivity contribution is -0.350. The second kappa shape index (κ2) is 19.6. The lowest BCUT2D eigenvalue weighted by Crippen LogP contribution is -2.63. The van der Waals surface area contributed by atoms with E-state index in [0.29, 0.717) is 0 Å². The molecule has 5 aliphatic rings. The summed E-state index contributed by atoms with van der Waals surface area (Å²) >= 11 is 0. The van der Waals surface area contributed by atoms with Crippen molar-refractivity contribution in [2.45, 2.75) is 154 Å². The fraction of sp³-hybridized carbons (Fsp3) is 1.00. The van der Waals surface area contributed by atoms with Crippen molar-refractivity contribution in [1.82, 2.24) is 0 Å². The highest BCUT2D eigenvalue weighted by molar-refractivity contribution is 4.95. The Kier molecular flexibility index (Phi) is 16.1. The first-order valence-corrected chi connectivity index (χ1v) is 17.6. The maximum atomic E-state index is 10.6. The Labute approximate surface area is 316 Å². The van der Waals surface area contributed by atoms with E-state index in [9.17, 15) is 86.8 Å². The highest BCUT2D eigenvalue weighted by Gasteiger charge is 2.51. The van der Waals surface area contributed by atoms with Gasteiger partial charge < -0.3 is 129 Å². The number of hydrogen-bond acceptors (Lipinski definition) is 26. The molecule has 0 aromatic rings. The van der Waals surface area contributed by atoms with Crippen LogP contribution in [-0.2, 0) is 42.6 Å². The molecule has 17 N–H and O–H groups in total. The fourth-order valence-corrected chi connectivity index (χ4v) is 6.61. The van der Waals surface area contributed by atoms with E-state index in [1.807, 2.05) is 0 Å². The summed E-state index contributed by atoms with van der Waals surface area (Å²) in [7, 11) is 0. The molecule has 0 aromatic carbocycles. The summed E-state index contributed by atoms with van der Waals surface area (Å²) in [6, 6.07) is 0. The van der Waals surface area contributed by atoms with Gasteiger partial charge in [-0.2, -0.15) is 0 Å². The molecule has 5 rings (SSSR count). The van der Waals surface area contributed by atoms with Crippen molar-refractivity contribution < 1.29 is 129 Å². The van der Waals surface area contributed by atoms with Crippen LogP contribution >= 0.6 is 0 Å². The van der Waals surface area contributed by atoms with Gasteiger partial charge in [0.1, 0.15) is 122 Å². The van der Waals surface area contributed by atoms with Gasteiger partial charge in [-0.05, 0) is 0 Å². The smallest absolute Gasteiger partial charge is 0.186 e. The van der Waals surface area contributed by atoms with Crippen molar-refractivity contribution in [1.29, 1.82) is 0 Å². The first kappa shape index (κ1) is 46.0. The third-order valence-corrected chi connectivity index (χ3v) is 10.2. The minimum Gasteiger partial charge on any atom is -0.394 e. The molecule has 328 valence electrons. The summed E-state index contributed by atoms with van der Waals surface area (Å²) in [5, 5.41) is 173. The van der Waals surface area contributed by atoms with Crippen LogP contribution in [0.15, 0.2) is 0 Å². The van der Waals surface area contributed by atoms with Crippen molar-refractivity contribution in [3.8, 4) is 0 Å². The molecule has 26 nitrogen and oxygen atoms in total. The Morgan fingerprint density at radius 3 is 0.786 bits per heavy atom. The monoisotopic (exact) mass is 828 g/mol. The van der Waals surface area contributed by atoms with Gasteiger partial charge in [0.2, 0.25) is 0 Å². The second-order valence-electron chi connectivity index (χ2n) is 14.1. The topological polar surface area (TPSA) is 427 Å². The van der Waals surface area contributed by atoms with E-state index in [1.54, 1.807) is 0 Å². The van der Waals surface area contributed by atoms with E-state index in [2.05, 4.69) is 0 Å². The Morgan fingerprint density at radius 2 is 0.500 bits per heavy atom. The molecule has 25 atom stereocenters. The Morgan fingerprint density at radius 1 is 0.268 bits per heavy atom. The lowest BCUT2D eigenvalue weighted by atomic mass is 9.97. The second-order valence-corrected chi connectivity index (χ2v) is 14.1. The Hall–Kier alpha value is -1.04. The Balaban J connectivity index is 1.15. The highest BCUT2D eigenvalue weighted by atomic mass is 16.8. The average molecular weight is 829 g/mol. The maximum Gasteiger partial charge on any atom is 0.186 e. The van der Waals surface area contributed by atoms with Gasteiger partial charge in [-0.1, -0.05) is 0 Å². The van der Waals surface area contributed by atoms with E-state index in [4.69, 9.17) is 42.6 Å². The molecule has 0 saturated carbocycles. The molecule has 0 radical (unpaired) electrons. The van der Waals surface area contributed by atoms with E-state index < -0.39 is 187 Å². The van der Waals surface area contributed by atoms with E-state index in [-0.39, 0.29) is 0 Å². The molecule has 0 bridgehead atoms. The van der Waals surface area contributed by atoms with Crippen molar-refractivity contribution in [3.63, 3.8) is 0 Å². The minimum absolute atomic E-state index is 0.669. The van der Waals surface area contributed by atoms with Crippen LogP contribution in [0.5, 0.6) is 0 Å². The molecule has 56 heavy (non-hydrogen) atoms. The highest BCUT2D eigenvalue weighted by Crippen LogP contribution is 2.30. The fourth-order valence-electron chi connectivity index (χ4n) is 6.61. The van der Waals surface area contributed by atoms with Crippen molar-refractivity contribution in [2.24, 2.45) is 0 Å². The molecule has 5 fully saturated rings. The number of hydrogen-bond donors (Lipinski definition) is 17. The Bertz CT molecular complexity index is 1210. The van der Waals surface area contributed by atoms with E-state index in [0.717, 1.165) is 0 Å². The maximum absolute atomic E-state index is 10.6. The number of ether oxygens (including phenoxy) is 9. The predicted molar refractivity (Wildman–Crippen MR) is 167 cm³/mol. The van der Waals surface area contributed by atoms with E-state index >= 15 is 0 Å². The van der Waals surface area contributed by atoms with Crippen LogP contribution in [0.25, 0.3) is 0 Å². The van der Waals surface area contributed by atoms with Crippen LogP contribution in [0.3, 0.4) is 0 Å². The number of aliphatic hydroxyl groups excluding tert-OH is 17. The molecule has 0 aliphatic carbocycles. The third kappa shape index (κ3) is 9.77. The molecular formula is C30H52O26. The zero-order valence-corrected chi connectivity index (χ0v) is 29.2. The van der Waals surface area contributed by atoms with Gasteiger partial charge in [0, 0.05) is 0 Å². The number of rotatable bonds is 13. The minimum atomic E-state index is -1.96. The van der Waals surface area contributed by atoms with Crippen LogP contribution < -0.4 is 0 Å². The molecule has 0 aromatic heterocycles. The molecule has 0 amide bonds.